The molecule has 0 fully saturated rings. The maximum Gasteiger partial charge on any atom is 0.408 e. The van der Waals surface area contributed by atoms with Gasteiger partial charge in [-0.1, -0.05) is 44.2 Å². The van der Waals surface area contributed by atoms with Crippen molar-refractivity contribution in [2.45, 2.75) is 65.0 Å². The van der Waals surface area contributed by atoms with Crippen molar-refractivity contribution < 1.29 is 19.1 Å². The Hall–Kier alpha value is -2.89. The fraction of sp³-hybridized carbons (Fsp3) is 0.458. The van der Waals surface area contributed by atoms with Crippen LogP contribution in [0.25, 0.3) is 0 Å². The first-order chi connectivity index (χ1) is 14.0. The molecule has 2 amide bonds. The number of para-hydroxylation sites is 1. The summed E-state index contributed by atoms with van der Waals surface area (Å²) in [4.78, 5) is 37.2. The molecule has 164 valence electrons. The number of ether oxygens (including phenoxy) is 1. The van der Waals surface area contributed by atoms with Crippen LogP contribution < -0.4 is 10.6 Å². The highest BCUT2D eigenvalue weighted by Gasteiger charge is 2.25. The number of anilines is 1. The van der Waals surface area contributed by atoms with Gasteiger partial charge in [0.2, 0.25) is 5.91 Å². The van der Waals surface area contributed by atoms with Gasteiger partial charge in [0.15, 0.2) is 5.78 Å². The third-order valence-electron chi connectivity index (χ3n) is 4.51. The van der Waals surface area contributed by atoms with E-state index in [-0.39, 0.29) is 29.9 Å². The normalized spacial score (nSPS) is 14.0. The van der Waals surface area contributed by atoms with Crippen molar-refractivity contribution in [3.63, 3.8) is 0 Å². The molecular formula is C24H34N2O4. The lowest BCUT2D eigenvalue weighted by atomic mass is 9.91. The van der Waals surface area contributed by atoms with E-state index in [0.717, 1.165) is 5.56 Å². The minimum absolute atomic E-state index is 0.131. The number of amides is 2. The lowest BCUT2D eigenvalue weighted by Gasteiger charge is -2.24. The first kappa shape index (κ1) is 25.1. The standard InChI is InChI=1S/C24H34N2O4/c1-8-12-20(26-23(29)30-24(5,6)7)21(27)15-17(4)18-13-10-11-14-19(18)25-22(28)16(3)9-2/h8-11,13-14,16-17,20H,1-2,12,15H2,3-7H3,(H,25,28)(H,26,29)/t16-,17?,20+/m1/s1. The van der Waals surface area contributed by atoms with E-state index in [9.17, 15) is 14.4 Å². The molecule has 3 atom stereocenters. The molecule has 6 heteroatoms. The average Bonchev–Trinajstić information content (AvgIpc) is 2.65. The van der Waals surface area contributed by atoms with Crippen LogP contribution >= 0.6 is 0 Å². The van der Waals surface area contributed by atoms with E-state index in [2.05, 4.69) is 23.8 Å². The molecular weight excluding hydrogens is 380 g/mol. The molecule has 0 aliphatic heterocycles. The molecule has 0 saturated heterocycles. The lowest BCUT2D eigenvalue weighted by Crippen LogP contribution is -2.43. The quantitative estimate of drug-likeness (QED) is 0.529. The van der Waals surface area contributed by atoms with Gasteiger partial charge in [0.25, 0.3) is 0 Å². The van der Waals surface area contributed by atoms with Crippen molar-refractivity contribution >= 4 is 23.5 Å². The van der Waals surface area contributed by atoms with E-state index in [4.69, 9.17) is 4.74 Å². The van der Waals surface area contributed by atoms with Crippen molar-refractivity contribution in [1.82, 2.24) is 5.32 Å². The zero-order valence-electron chi connectivity index (χ0n) is 18.7. The van der Waals surface area contributed by atoms with Crippen LogP contribution in [0.2, 0.25) is 0 Å². The summed E-state index contributed by atoms with van der Waals surface area (Å²) in [7, 11) is 0. The second kappa shape index (κ2) is 11.3. The molecule has 0 aliphatic rings. The molecule has 0 radical (unpaired) electrons. The van der Waals surface area contributed by atoms with Gasteiger partial charge in [0.05, 0.1) is 12.0 Å². The Morgan fingerprint density at radius 1 is 1.13 bits per heavy atom. The van der Waals surface area contributed by atoms with E-state index in [1.807, 2.05) is 31.2 Å². The van der Waals surface area contributed by atoms with E-state index in [1.54, 1.807) is 39.8 Å². The van der Waals surface area contributed by atoms with Gasteiger partial charge in [-0.3, -0.25) is 9.59 Å². The van der Waals surface area contributed by atoms with Gasteiger partial charge in [-0.25, -0.2) is 4.79 Å². The van der Waals surface area contributed by atoms with Gasteiger partial charge in [0.1, 0.15) is 5.60 Å². The zero-order valence-corrected chi connectivity index (χ0v) is 18.7. The third kappa shape index (κ3) is 8.23. The highest BCUT2D eigenvalue weighted by molar-refractivity contribution is 5.94. The molecule has 0 spiro atoms. The van der Waals surface area contributed by atoms with Crippen LogP contribution in [-0.4, -0.2) is 29.4 Å². The Bertz CT molecular complexity index is 780. The maximum absolute atomic E-state index is 12.9. The molecule has 0 aliphatic carbocycles. The van der Waals surface area contributed by atoms with E-state index in [1.165, 1.54) is 0 Å². The molecule has 0 saturated carbocycles. The molecule has 2 N–H and O–H groups in total. The molecule has 1 aromatic rings. The largest absolute Gasteiger partial charge is 0.444 e. The first-order valence-corrected chi connectivity index (χ1v) is 10.1. The molecule has 0 heterocycles. The van der Waals surface area contributed by atoms with Gasteiger partial charge in [-0.2, -0.15) is 0 Å². The van der Waals surface area contributed by atoms with Crippen molar-refractivity contribution in [3.05, 3.63) is 55.1 Å². The Kier molecular flexibility index (Phi) is 9.50. The summed E-state index contributed by atoms with van der Waals surface area (Å²) in [6.45, 7) is 16.3. The Labute approximate surface area is 179 Å². The first-order valence-electron chi connectivity index (χ1n) is 10.1. The maximum atomic E-state index is 12.9. The highest BCUT2D eigenvalue weighted by Crippen LogP contribution is 2.28. The number of nitrogens with one attached hydrogen (secondary N) is 2. The summed E-state index contributed by atoms with van der Waals surface area (Å²) in [5.41, 5.74) is 0.862. The smallest absolute Gasteiger partial charge is 0.408 e. The predicted molar refractivity (Wildman–Crippen MR) is 120 cm³/mol. The average molecular weight is 415 g/mol. The molecule has 6 nitrogen and oxygen atoms in total. The van der Waals surface area contributed by atoms with Crippen LogP contribution in [0.3, 0.4) is 0 Å². The third-order valence-corrected chi connectivity index (χ3v) is 4.51. The molecule has 0 aromatic heterocycles. The lowest BCUT2D eigenvalue weighted by molar-refractivity contribution is -0.121. The molecule has 1 aromatic carbocycles. The number of hydrogen-bond acceptors (Lipinski definition) is 4. The molecule has 30 heavy (non-hydrogen) atoms. The minimum Gasteiger partial charge on any atom is -0.444 e. The number of ketones is 1. The monoisotopic (exact) mass is 414 g/mol. The van der Waals surface area contributed by atoms with E-state index in [0.29, 0.717) is 12.1 Å². The van der Waals surface area contributed by atoms with Crippen LogP contribution in [0.1, 0.15) is 58.9 Å². The number of carbonyl (C=O) groups is 3. The summed E-state index contributed by atoms with van der Waals surface area (Å²) in [5, 5.41) is 5.54. The number of carbonyl (C=O) groups excluding carboxylic acids is 3. The van der Waals surface area contributed by atoms with Gasteiger partial charge >= 0.3 is 6.09 Å². The summed E-state index contributed by atoms with van der Waals surface area (Å²) < 4.78 is 5.26. The van der Waals surface area contributed by atoms with Crippen molar-refractivity contribution in [1.29, 1.82) is 0 Å². The van der Waals surface area contributed by atoms with Crippen molar-refractivity contribution in [2.24, 2.45) is 5.92 Å². The van der Waals surface area contributed by atoms with Crippen LogP contribution in [0, 0.1) is 5.92 Å². The van der Waals surface area contributed by atoms with Gasteiger partial charge in [0, 0.05) is 12.1 Å². The van der Waals surface area contributed by atoms with E-state index < -0.39 is 17.7 Å². The minimum atomic E-state index is -0.720. The Balaban J connectivity index is 2.91. The number of benzene rings is 1. The summed E-state index contributed by atoms with van der Waals surface area (Å²) in [6.07, 6.45) is 3.03. The summed E-state index contributed by atoms with van der Waals surface area (Å²) in [6, 6.07) is 6.67. The number of rotatable bonds is 10. The van der Waals surface area contributed by atoms with Gasteiger partial charge in [-0.05, 0) is 44.7 Å². The van der Waals surface area contributed by atoms with Crippen LogP contribution in [0.5, 0.6) is 0 Å². The fourth-order valence-corrected chi connectivity index (χ4v) is 2.84. The Morgan fingerprint density at radius 2 is 1.77 bits per heavy atom. The van der Waals surface area contributed by atoms with Crippen LogP contribution in [-0.2, 0) is 14.3 Å². The van der Waals surface area contributed by atoms with Crippen molar-refractivity contribution in [2.75, 3.05) is 5.32 Å². The Morgan fingerprint density at radius 3 is 2.33 bits per heavy atom. The molecule has 1 rings (SSSR count). The SMILES string of the molecule is C=CC[C@H](NC(=O)OC(C)(C)C)C(=O)CC(C)c1ccccc1NC(=O)[C@H](C)C=C. The molecule has 1 unspecified atom stereocenters. The number of hydrogen-bond donors (Lipinski definition) is 2. The highest BCUT2D eigenvalue weighted by atomic mass is 16.6. The summed E-state index contributed by atoms with van der Waals surface area (Å²) >= 11 is 0. The topological polar surface area (TPSA) is 84.5 Å². The number of Topliss-reactive ketones (excluding diaryl/α,β-unsaturated/α-hetero) is 1. The van der Waals surface area contributed by atoms with Crippen LogP contribution in [0.4, 0.5) is 10.5 Å². The van der Waals surface area contributed by atoms with E-state index >= 15 is 0 Å². The summed E-state index contributed by atoms with van der Waals surface area (Å²) in [5.74, 6) is -0.785. The predicted octanol–water partition coefficient (Wildman–Crippen LogP) is 4.98. The second-order valence-electron chi connectivity index (χ2n) is 8.40. The fourth-order valence-electron chi connectivity index (χ4n) is 2.84. The second-order valence-corrected chi connectivity index (χ2v) is 8.40. The van der Waals surface area contributed by atoms with Crippen LogP contribution in [0.15, 0.2) is 49.6 Å². The van der Waals surface area contributed by atoms with Gasteiger partial charge in [-0.15, -0.1) is 13.2 Å². The van der Waals surface area contributed by atoms with Crippen molar-refractivity contribution in [3.8, 4) is 0 Å². The number of alkyl carbamates (subject to hydrolysis) is 1. The molecule has 0 bridgehead atoms. The van der Waals surface area contributed by atoms with Gasteiger partial charge < -0.3 is 15.4 Å². The zero-order chi connectivity index (χ0) is 22.9.